The maximum atomic E-state index is 13.2. The van der Waals surface area contributed by atoms with Crippen molar-refractivity contribution >= 4 is 17.5 Å². The van der Waals surface area contributed by atoms with E-state index in [2.05, 4.69) is 9.97 Å². The van der Waals surface area contributed by atoms with Gasteiger partial charge < -0.3 is 9.88 Å². The van der Waals surface area contributed by atoms with Crippen molar-refractivity contribution < 1.29 is 9.18 Å². The molecular weight excluding hydrogens is 321 g/mol. The van der Waals surface area contributed by atoms with E-state index in [1.165, 1.54) is 24.4 Å². The number of carbonyl (C=O) groups excluding carboxylic acids is 1. The summed E-state index contributed by atoms with van der Waals surface area (Å²) in [4.78, 5) is 31.9. The van der Waals surface area contributed by atoms with Crippen LogP contribution < -0.4 is 5.69 Å². The molecule has 0 aliphatic carbocycles. The number of halogens is 2. The minimum Gasteiger partial charge on any atom is -0.338 e. The molecule has 7 heteroatoms. The van der Waals surface area contributed by atoms with Crippen LogP contribution in [0.3, 0.4) is 0 Å². The molecule has 1 saturated heterocycles. The Labute approximate surface area is 137 Å². The second kappa shape index (κ2) is 6.50. The fourth-order valence-corrected chi connectivity index (χ4v) is 3.03. The lowest BCUT2D eigenvalue weighted by Crippen LogP contribution is -2.39. The van der Waals surface area contributed by atoms with Gasteiger partial charge in [-0.2, -0.15) is 0 Å². The molecule has 120 valence electrons. The molecule has 1 N–H and O–H groups in total. The number of hydrogen-bond donors (Lipinski definition) is 1. The minimum atomic E-state index is -0.547. The van der Waals surface area contributed by atoms with Crippen molar-refractivity contribution in [1.29, 1.82) is 0 Å². The third-order valence-electron chi connectivity index (χ3n) is 4.01. The third-order valence-corrected chi connectivity index (χ3v) is 4.30. The van der Waals surface area contributed by atoms with Crippen molar-refractivity contribution in [3.63, 3.8) is 0 Å². The molecule has 1 atom stereocenters. The van der Waals surface area contributed by atoms with E-state index in [4.69, 9.17) is 11.6 Å². The average molecular weight is 336 g/mol. The highest BCUT2D eigenvalue weighted by atomic mass is 35.5. The number of likely N-dealkylation sites (tertiary alicyclic amines) is 1. The first-order chi connectivity index (χ1) is 11.0. The second-order valence-corrected chi connectivity index (χ2v) is 5.96. The van der Waals surface area contributed by atoms with Gasteiger partial charge in [-0.15, -0.1) is 0 Å². The molecule has 1 aliphatic rings. The lowest BCUT2D eigenvalue weighted by Gasteiger charge is -2.32. The van der Waals surface area contributed by atoms with Crippen molar-refractivity contribution in [2.24, 2.45) is 0 Å². The van der Waals surface area contributed by atoms with Crippen LogP contribution in [-0.4, -0.2) is 33.9 Å². The molecule has 0 saturated carbocycles. The molecule has 0 spiro atoms. The van der Waals surface area contributed by atoms with Crippen molar-refractivity contribution in [3.05, 3.63) is 63.0 Å². The molecular formula is C16H15ClFN3O2. The van der Waals surface area contributed by atoms with E-state index in [0.29, 0.717) is 18.7 Å². The quantitative estimate of drug-likeness (QED) is 0.917. The van der Waals surface area contributed by atoms with E-state index in [9.17, 15) is 14.0 Å². The molecule has 2 heterocycles. The standard InChI is InChI=1S/C16H15ClFN3O2/c17-12-8-10(3-4-13(12)18)15(22)21-7-1-2-11(9-21)14-5-6-19-16(23)20-14/h3-6,8,11H,1-2,7,9H2,(H,19,20,23)/t11-/m1/s1. The van der Waals surface area contributed by atoms with Crippen LogP contribution in [-0.2, 0) is 0 Å². The number of amides is 1. The first-order valence-electron chi connectivity index (χ1n) is 7.34. The maximum absolute atomic E-state index is 13.2. The van der Waals surface area contributed by atoms with Crippen LogP contribution in [0.1, 0.15) is 34.8 Å². The van der Waals surface area contributed by atoms with Gasteiger partial charge in [-0.1, -0.05) is 11.6 Å². The van der Waals surface area contributed by atoms with Gasteiger partial charge in [0.2, 0.25) is 0 Å². The van der Waals surface area contributed by atoms with Gasteiger partial charge in [-0.25, -0.2) is 14.2 Å². The Hall–Kier alpha value is -2.21. The summed E-state index contributed by atoms with van der Waals surface area (Å²) in [5, 5.41) is -0.0668. The molecule has 0 radical (unpaired) electrons. The Morgan fingerprint density at radius 1 is 1.39 bits per heavy atom. The molecule has 1 aromatic carbocycles. The average Bonchev–Trinajstić information content (AvgIpc) is 2.57. The topological polar surface area (TPSA) is 66.1 Å². The predicted molar refractivity (Wildman–Crippen MR) is 84.1 cm³/mol. The highest BCUT2D eigenvalue weighted by Crippen LogP contribution is 2.26. The second-order valence-electron chi connectivity index (χ2n) is 5.55. The lowest BCUT2D eigenvalue weighted by molar-refractivity contribution is 0.0705. The summed E-state index contributed by atoms with van der Waals surface area (Å²) in [7, 11) is 0. The number of benzene rings is 1. The SMILES string of the molecule is O=C(c1ccc(F)c(Cl)c1)N1CCC[C@@H](c2ccnc(=O)[nH]2)C1. The molecule has 1 aromatic heterocycles. The van der Waals surface area contributed by atoms with Gasteiger partial charge in [-0.05, 0) is 37.1 Å². The third kappa shape index (κ3) is 3.42. The Balaban J connectivity index is 1.79. The fourth-order valence-electron chi connectivity index (χ4n) is 2.85. The maximum Gasteiger partial charge on any atom is 0.345 e. The van der Waals surface area contributed by atoms with E-state index < -0.39 is 11.5 Å². The Morgan fingerprint density at radius 3 is 2.96 bits per heavy atom. The predicted octanol–water partition coefficient (Wildman–Crippen LogP) is 2.58. The summed E-state index contributed by atoms with van der Waals surface area (Å²) in [6.45, 7) is 1.12. The molecule has 23 heavy (non-hydrogen) atoms. The zero-order chi connectivity index (χ0) is 16.4. The summed E-state index contributed by atoms with van der Waals surface area (Å²) >= 11 is 5.75. The van der Waals surface area contributed by atoms with Gasteiger partial charge in [0.1, 0.15) is 5.82 Å². The number of nitrogens with one attached hydrogen (secondary N) is 1. The molecule has 0 unspecified atom stereocenters. The van der Waals surface area contributed by atoms with Crippen molar-refractivity contribution in [2.45, 2.75) is 18.8 Å². The largest absolute Gasteiger partial charge is 0.345 e. The van der Waals surface area contributed by atoms with E-state index in [1.807, 2.05) is 0 Å². The number of H-pyrrole nitrogens is 1. The smallest absolute Gasteiger partial charge is 0.338 e. The van der Waals surface area contributed by atoms with Crippen LogP contribution in [0.15, 0.2) is 35.3 Å². The van der Waals surface area contributed by atoms with Crippen molar-refractivity contribution in [3.8, 4) is 0 Å². The van der Waals surface area contributed by atoms with Crippen molar-refractivity contribution in [2.75, 3.05) is 13.1 Å². The number of hydrogen-bond acceptors (Lipinski definition) is 3. The van der Waals surface area contributed by atoms with Crippen molar-refractivity contribution in [1.82, 2.24) is 14.9 Å². The molecule has 2 aromatic rings. The Morgan fingerprint density at radius 2 is 2.22 bits per heavy atom. The summed E-state index contributed by atoms with van der Waals surface area (Å²) in [5.41, 5.74) is 0.746. The van der Waals surface area contributed by atoms with E-state index >= 15 is 0 Å². The summed E-state index contributed by atoms with van der Waals surface area (Å²) in [6.07, 6.45) is 3.18. The summed E-state index contributed by atoms with van der Waals surface area (Å²) < 4.78 is 13.2. The van der Waals surface area contributed by atoms with Crippen LogP contribution in [0, 0.1) is 5.82 Å². The number of aromatic amines is 1. The first kappa shape index (κ1) is 15.7. The van der Waals surface area contributed by atoms with Gasteiger partial charge in [-0.3, -0.25) is 4.79 Å². The minimum absolute atomic E-state index is 0.0549. The van der Waals surface area contributed by atoms with Gasteiger partial charge in [0.05, 0.1) is 5.02 Å². The Kier molecular flexibility index (Phi) is 4.43. The normalized spacial score (nSPS) is 18.0. The van der Waals surface area contributed by atoms with Gasteiger partial charge in [0.15, 0.2) is 0 Å². The highest BCUT2D eigenvalue weighted by Gasteiger charge is 2.26. The number of nitrogens with zero attached hydrogens (tertiary/aromatic N) is 2. The van der Waals surface area contributed by atoms with Crippen LogP contribution in [0.25, 0.3) is 0 Å². The van der Waals surface area contributed by atoms with Gasteiger partial charge >= 0.3 is 5.69 Å². The fraction of sp³-hybridized carbons (Fsp3) is 0.312. The summed E-state index contributed by atoms with van der Waals surface area (Å²) in [5.74, 6) is -0.679. The number of carbonyl (C=O) groups is 1. The molecule has 0 bridgehead atoms. The van der Waals surface area contributed by atoms with Crippen LogP contribution in [0.5, 0.6) is 0 Å². The van der Waals surface area contributed by atoms with Gasteiger partial charge in [0.25, 0.3) is 5.91 Å². The number of aromatic nitrogens is 2. The molecule has 1 aliphatic heterocycles. The monoisotopic (exact) mass is 335 g/mol. The zero-order valence-electron chi connectivity index (χ0n) is 12.3. The molecule has 1 fully saturated rings. The van der Waals surface area contributed by atoms with Gasteiger partial charge in [0, 0.05) is 36.5 Å². The number of rotatable bonds is 2. The lowest BCUT2D eigenvalue weighted by atomic mass is 9.94. The van der Waals surface area contributed by atoms with Crippen LogP contribution in [0.4, 0.5) is 4.39 Å². The van der Waals surface area contributed by atoms with Crippen LogP contribution in [0.2, 0.25) is 5.02 Å². The summed E-state index contributed by atoms with van der Waals surface area (Å²) in [6, 6.07) is 5.73. The number of piperidine rings is 1. The van der Waals surface area contributed by atoms with E-state index in [-0.39, 0.29) is 16.8 Å². The highest BCUT2D eigenvalue weighted by molar-refractivity contribution is 6.31. The molecule has 5 nitrogen and oxygen atoms in total. The van der Waals surface area contributed by atoms with Crippen LogP contribution >= 0.6 is 11.6 Å². The zero-order valence-corrected chi connectivity index (χ0v) is 13.0. The molecule has 1 amide bonds. The van der Waals surface area contributed by atoms with E-state index in [1.54, 1.807) is 11.0 Å². The Bertz CT molecular complexity index is 793. The van der Waals surface area contributed by atoms with E-state index in [0.717, 1.165) is 18.5 Å². The molecule has 3 rings (SSSR count). The first-order valence-corrected chi connectivity index (χ1v) is 7.72.